The van der Waals surface area contributed by atoms with Gasteiger partial charge in [-0.1, -0.05) is 28.9 Å². The Kier molecular flexibility index (Phi) is 5.79. The van der Waals surface area contributed by atoms with Crippen LogP contribution in [0.2, 0.25) is 5.02 Å². The molecule has 176 valence electrons. The van der Waals surface area contributed by atoms with Gasteiger partial charge in [0.15, 0.2) is 0 Å². The van der Waals surface area contributed by atoms with Crippen LogP contribution in [-0.2, 0) is 13.1 Å². The molecule has 0 amide bonds. The van der Waals surface area contributed by atoms with E-state index >= 15 is 0 Å². The van der Waals surface area contributed by atoms with Crippen LogP contribution in [0, 0.1) is 25.2 Å². The molecular weight excluding hydrogens is 466 g/mol. The molecule has 0 aliphatic rings. The summed E-state index contributed by atoms with van der Waals surface area (Å²) >= 11 is 6.06. The molecule has 0 unspecified atom stereocenters. The first-order chi connectivity index (χ1) is 16.9. The second-order valence-corrected chi connectivity index (χ2v) is 8.75. The molecule has 0 aliphatic carbocycles. The molecule has 0 saturated carbocycles. The lowest BCUT2D eigenvalue weighted by Crippen LogP contribution is -2.24. The van der Waals surface area contributed by atoms with Crippen molar-refractivity contribution in [3.8, 4) is 22.9 Å². The zero-order chi connectivity index (χ0) is 24.7. The summed E-state index contributed by atoms with van der Waals surface area (Å²) in [7, 11) is 1.61. The normalized spacial score (nSPS) is 11.3. The maximum Gasteiger partial charge on any atom is 0.329 e. The molecule has 0 bridgehead atoms. The number of aryl methyl sites for hydroxylation is 3. The molecule has 0 saturated heterocycles. The monoisotopic (exact) mass is 487 g/mol. The number of halogens is 1. The van der Waals surface area contributed by atoms with Gasteiger partial charge in [0.1, 0.15) is 11.5 Å². The van der Waals surface area contributed by atoms with E-state index in [4.69, 9.17) is 26.1 Å². The molecule has 3 heterocycles. The smallest absolute Gasteiger partial charge is 0.329 e. The van der Waals surface area contributed by atoms with Crippen LogP contribution in [0.3, 0.4) is 0 Å². The number of hydrogen-bond donors (Lipinski definition) is 0. The van der Waals surface area contributed by atoms with E-state index in [-0.39, 0.29) is 18.7 Å². The van der Waals surface area contributed by atoms with E-state index in [1.807, 2.05) is 38.1 Å². The summed E-state index contributed by atoms with van der Waals surface area (Å²) in [5.41, 5.74) is 5.26. The molecule has 5 aromatic rings. The quantitative estimate of drug-likeness (QED) is 0.324. The Labute approximate surface area is 205 Å². The minimum absolute atomic E-state index is 0.201. The number of nitrogens with zero attached hydrogens (tertiary/aromatic N) is 5. The van der Waals surface area contributed by atoms with Gasteiger partial charge < -0.3 is 9.26 Å². The number of rotatable bonds is 6. The summed E-state index contributed by atoms with van der Waals surface area (Å²) in [6.07, 6.45) is 1.91. The Balaban J connectivity index is 1.80. The second kappa shape index (κ2) is 8.93. The van der Waals surface area contributed by atoms with Crippen molar-refractivity contribution in [3.63, 3.8) is 0 Å². The van der Waals surface area contributed by atoms with Crippen LogP contribution >= 0.6 is 11.6 Å². The van der Waals surface area contributed by atoms with Gasteiger partial charge in [0.05, 0.1) is 60.1 Å². The lowest BCUT2D eigenvalue weighted by molar-refractivity contribution is 0.393. The van der Waals surface area contributed by atoms with Crippen molar-refractivity contribution in [2.45, 2.75) is 33.4 Å². The molecule has 2 aromatic carbocycles. The van der Waals surface area contributed by atoms with Crippen molar-refractivity contribution in [1.29, 1.82) is 5.26 Å². The van der Waals surface area contributed by atoms with Gasteiger partial charge in [-0.25, -0.2) is 4.79 Å². The summed E-state index contributed by atoms with van der Waals surface area (Å²) in [5.74, 6) is 1.31. The molecule has 0 spiro atoms. The van der Waals surface area contributed by atoms with Gasteiger partial charge in [0.2, 0.25) is 0 Å². The minimum Gasteiger partial charge on any atom is -0.496 e. The maximum atomic E-state index is 13.5. The number of ether oxygens (including phenoxy) is 1. The first kappa shape index (κ1) is 22.7. The third kappa shape index (κ3) is 3.84. The van der Waals surface area contributed by atoms with E-state index in [0.717, 1.165) is 33.3 Å². The van der Waals surface area contributed by atoms with Crippen LogP contribution in [0.4, 0.5) is 0 Å². The standard InChI is InChI=1S/C26H22ClN5O3/c1-15-24(16(2)35-30-15)20-11-21-19(12-23(20)34-3)25-22(13-29-21)31(10-4-9-28)26(33)32(25)14-17-5-7-18(27)8-6-17/h5-8,11-13H,4,10,14H2,1-3H3. The van der Waals surface area contributed by atoms with Gasteiger partial charge in [-0.05, 0) is 43.7 Å². The molecular formula is C26H22ClN5O3. The number of benzene rings is 2. The Morgan fingerprint density at radius 1 is 1.17 bits per heavy atom. The molecule has 9 heteroatoms. The highest BCUT2D eigenvalue weighted by atomic mass is 35.5. The first-order valence-corrected chi connectivity index (χ1v) is 11.4. The van der Waals surface area contributed by atoms with Crippen LogP contribution < -0.4 is 10.4 Å². The highest BCUT2D eigenvalue weighted by molar-refractivity contribution is 6.30. The third-order valence-electron chi connectivity index (χ3n) is 6.17. The molecule has 0 aliphatic heterocycles. The van der Waals surface area contributed by atoms with E-state index in [0.29, 0.717) is 34.1 Å². The number of hydrogen-bond acceptors (Lipinski definition) is 6. The van der Waals surface area contributed by atoms with Gasteiger partial charge in [-0.15, -0.1) is 0 Å². The van der Waals surface area contributed by atoms with Crippen molar-refractivity contribution in [2.75, 3.05) is 7.11 Å². The topological polar surface area (TPSA) is 98.9 Å². The Bertz CT molecular complexity index is 1650. The number of pyridine rings is 1. The summed E-state index contributed by atoms with van der Waals surface area (Å²) in [6.45, 7) is 4.36. The number of methoxy groups -OCH3 is 1. The fourth-order valence-corrected chi connectivity index (χ4v) is 4.67. The van der Waals surface area contributed by atoms with Crippen LogP contribution in [0.15, 0.2) is 51.9 Å². The van der Waals surface area contributed by atoms with Crippen LogP contribution in [-0.4, -0.2) is 26.4 Å². The average molecular weight is 488 g/mol. The molecule has 35 heavy (non-hydrogen) atoms. The van der Waals surface area contributed by atoms with Gasteiger partial charge >= 0.3 is 5.69 Å². The third-order valence-corrected chi connectivity index (χ3v) is 6.42. The molecule has 0 N–H and O–H groups in total. The lowest BCUT2D eigenvalue weighted by Gasteiger charge is -2.12. The zero-order valence-corrected chi connectivity index (χ0v) is 20.3. The molecule has 0 atom stereocenters. The number of nitriles is 1. The van der Waals surface area contributed by atoms with Gasteiger partial charge in [-0.2, -0.15) is 5.26 Å². The Morgan fingerprint density at radius 2 is 1.94 bits per heavy atom. The number of aromatic nitrogens is 4. The van der Waals surface area contributed by atoms with Gasteiger partial charge in [0.25, 0.3) is 0 Å². The van der Waals surface area contributed by atoms with Crippen molar-refractivity contribution < 1.29 is 9.26 Å². The number of imidazole rings is 1. The lowest BCUT2D eigenvalue weighted by atomic mass is 10.0. The minimum atomic E-state index is -0.201. The Hall–Kier alpha value is -4.09. The average Bonchev–Trinajstić information content (AvgIpc) is 3.33. The first-order valence-electron chi connectivity index (χ1n) is 11.1. The number of fused-ring (bicyclic) bond motifs is 3. The highest BCUT2D eigenvalue weighted by Gasteiger charge is 2.21. The Morgan fingerprint density at radius 3 is 2.60 bits per heavy atom. The zero-order valence-electron chi connectivity index (χ0n) is 19.5. The van der Waals surface area contributed by atoms with Crippen LogP contribution in [0.25, 0.3) is 33.1 Å². The predicted molar refractivity (Wildman–Crippen MR) is 134 cm³/mol. The van der Waals surface area contributed by atoms with Crippen molar-refractivity contribution in [1.82, 2.24) is 19.3 Å². The van der Waals surface area contributed by atoms with E-state index in [9.17, 15) is 4.79 Å². The predicted octanol–water partition coefficient (Wildman–Crippen LogP) is 5.25. The van der Waals surface area contributed by atoms with Crippen LogP contribution in [0.5, 0.6) is 5.75 Å². The fourth-order valence-electron chi connectivity index (χ4n) is 4.55. The SMILES string of the molecule is COc1cc2c(cc1-c1c(C)noc1C)ncc1c2n(Cc2ccc(Cl)cc2)c(=O)n1CCC#N. The summed E-state index contributed by atoms with van der Waals surface area (Å²) < 4.78 is 14.5. The molecule has 0 fully saturated rings. The molecule has 0 radical (unpaired) electrons. The van der Waals surface area contributed by atoms with Crippen LogP contribution in [0.1, 0.15) is 23.4 Å². The van der Waals surface area contributed by atoms with Crippen molar-refractivity contribution >= 4 is 33.5 Å². The summed E-state index contributed by atoms with van der Waals surface area (Å²) in [6, 6.07) is 13.4. The summed E-state index contributed by atoms with van der Waals surface area (Å²) in [4.78, 5) is 18.2. The van der Waals surface area contributed by atoms with Crippen molar-refractivity contribution in [2.24, 2.45) is 0 Å². The van der Waals surface area contributed by atoms with E-state index in [1.165, 1.54) is 0 Å². The van der Waals surface area contributed by atoms with Crippen molar-refractivity contribution in [3.05, 3.63) is 75.1 Å². The second-order valence-electron chi connectivity index (χ2n) is 8.32. The van der Waals surface area contributed by atoms with Gasteiger partial charge in [-0.3, -0.25) is 14.1 Å². The summed E-state index contributed by atoms with van der Waals surface area (Å²) in [5, 5.41) is 14.6. The van der Waals surface area contributed by atoms with Gasteiger partial charge in [0, 0.05) is 22.5 Å². The van der Waals surface area contributed by atoms with E-state index in [1.54, 1.807) is 34.6 Å². The molecule has 5 rings (SSSR count). The maximum absolute atomic E-state index is 13.5. The molecule has 3 aromatic heterocycles. The van der Waals surface area contributed by atoms with E-state index in [2.05, 4.69) is 16.2 Å². The fraction of sp³-hybridized carbons (Fsp3) is 0.231. The highest BCUT2D eigenvalue weighted by Crippen LogP contribution is 2.38. The molecule has 8 nitrogen and oxygen atoms in total. The van der Waals surface area contributed by atoms with E-state index < -0.39 is 0 Å². The largest absolute Gasteiger partial charge is 0.496 e.